The van der Waals surface area contributed by atoms with Crippen molar-refractivity contribution in [1.82, 2.24) is 5.32 Å². The van der Waals surface area contributed by atoms with E-state index in [0.29, 0.717) is 5.69 Å². The normalized spacial score (nSPS) is 10.4. The molecule has 0 aliphatic rings. The number of rotatable bonds is 5. The molecule has 0 bridgehead atoms. The smallest absolute Gasteiger partial charge is 0.258 e. The Kier molecular flexibility index (Phi) is 5.31. The zero-order chi connectivity index (χ0) is 15.2. The molecule has 2 N–H and O–H groups in total. The van der Waals surface area contributed by atoms with Gasteiger partial charge in [-0.05, 0) is 42.4 Å². The Balaban J connectivity index is 2.12. The molecule has 0 fully saturated rings. The Hall–Kier alpha value is -1.91. The molecule has 1 amide bonds. The maximum Gasteiger partial charge on any atom is 0.258 e. The Morgan fingerprint density at radius 1 is 1.24 bits per heavy atom. The molecule has 0 radical (unpaired) electrons. The lowest BCUT2D eigenvalue weighted by Crippen LogP contribution is -2.15. The Morgan fingerprint density at radius 2 is 2.05 bits per heavy atom. The van der Waals surface area contributed by atoms with Crippen LogP contribution in [0, 0.1) is 5.82 Å². The van der Waals surface area contributed by atoms with Crippen LogP contribution < -0.4 is 10.6 Å². The minimum atomic E-state index is -0.635. The van der Waals surface area contributed by atoms with E-state index in [1.165, 1.54) is 12.1 Å². The first kappa shape index (κ1) is 15.5. The molecular weight excluding hydrogens is 291 g/mol. The fourth-order valence-electron chi connectivity index (χ4n) is 1.90. The highest BCUT2D eigenvalue weighted by molar-refractivity contribution is 6.30. The maximum absolute atomic E-state index is 13.7. The molecule has 0 saturated carbocycles. The molecule has 0 heterocycles. The molecule has 0 saturated heterocycles. The molecule has 2 aromatic rings. The summed E-state index contributed by atoms with van der Waals surface area (Å²) >= 11 is 5.67. The number of hydrogen-bond acceptors (Lipinski definition) is 2. The number of halogens is 2. The van der Waals surface area contributed by atoms with Gasteiger partial charge in [0.05, 0.1) is 5.56 Å². The van der Waals surface area contributed by atoms with E-state index in [-0.39, 0.29) is 10.6 Å². The van der Waals surface area contributed by atoms with Crippen molar-refractivity contribution in [2.24, 2.45) is 0 Å². The van der Waals surface area contributed by atoms with E-state index >= 15 is 0 Å². The van der Waals surface area contributed by atoms with E-state index in [1.807, 2.05) is 25.1 Å². The molecule has 21 heavy (non-hydrogen) atoms. The summed E-state index contributed by atoms with van der Waals surface area (Å²) in [5.74, 6) is -1.13. The lowest BCUT2D eigenvalue weighted by atomic mass is 10.1. The van der Waals surface area contributed by atoms with Crippen LogP contribution in [0.3, 0.4) is 0 Å². The van der Waals surface area contributed by atoms with Crippen LogP contribution in [-0.2, 0) is 6.54 Å². The van der Waals surface area contributed by atoms with Gasteiger partial charge in [-0.25, -0.2) is 4.39 Å². The number of benzene rings is 2. The summed E-state index contributed by atoms with van der Waals surface area (Å²) in [6.45, 7) is 3.61. The highest BCUT2D eigenvalue weighted by Gasteiger charge is 2.12. The van der Waals surface area contributed by atoms with Gasteiger partial charge in [-0.3, -0.25) is 4.79 Å². The summed E-state index contributed by atoms with van der Waals surface area (Å²) in [5.41, 5.74) is 1.65. The summed E-state index contributed by atoms with van der Waals surface area (Å²) in [5, 5.41) is 6.15. The molecule has 0 aliphatic heterocycles. The van der Waals surface area contributed by atoms with Gasteiger partial charge < -0.3 is 10.6 Å². The fraction of sp³-hybridized carbons (Fsp3) is 0.188. The average Bonchev–Trinajstić information content (AvgIpc) is 2.45. The molecule has 2 rings (SSSR count). The summed E-state index contributed by atoms with van der Waals surface area (Å²) in [6, 6.07) is 11.4. The van der Waals surface area contributed by atoms with Crippen LogP contribution in [-0.4, -0.2) is 12.5 Å². The van der Waals surface area contributed by atoms with Gasteiger partial charge in [-0.2, -0.15) is 0 Å². The molecular formula is C16H16ClFN2O. The zero-order valence-corrected chi connectivity index (χ0v) is 12.4. The molecule has 2 aromatic carbocycles. The van der Waals surface area contributed by atoms with Gasteiger partial charge in [-0.1, -0.05) is 30.7 Å². The van der Waals surface area contributed by atoms with Crippen LogP contribution in [0.5, 0.6) is 0 Å². The number of amides is 1. The van der Waals surface area contributed by atoms with Crippen LogP contribution in [0.4, 0.5) is 10.1 Å². The largest absolute Gasteiger partial charge is 0.322 e. The minimum absolute atomic E-state index is 0.0310. The molecule has 5 heteroatoms. The van der Waals surface area contributed by atoms with E-state index in [9.17, 15) is 9.18 Å². The number of carbonyl (C=O) groups is 1. The van der Waals surface area contributed by atoms with Gasteiger partial charge in [0.25, 0.3) is 5.91 Å². The molecule has 0 aliphatic carbocycles. The number of hydrogen-bond donors (Lipinski definition) is 2. The van der Waals surface area contributed by atoms with Gasteiger partial charge >= 0.3 is 0 Å². The third kappa shape index (κ3) is 4.28. The lowest BCUT2D eigenvalue weighted by molar-refractivity contribution is 0.102. The second-order valence-corrected chi connectivity index (χ2v) is 5.00. The number of anilines is 1. The van der Waals surface area contributed by atoms with Crippen molar-refractivity contribution >= 4 is 23.2 Å². The first-order chi connectivity index (χ1) is 10.1. The Bertz CT molecular complexity index is 646. The summed E-state index contributed by atoms with van der Waals surface area (Å²) < 4.78 is 13.7. The quantitative estimate of drug-likeness (QED) is 0.881. The van der Waals surface area contributed by atoms with Crippen molar-refractivity contribution in [2.45, 2.75) is 13.5 Å². The minimum Gasteiger partial charge on any atom is -0.322 e. The highest BCUT2D eigenvalue weighted by atomic mass is 35.5. The van der Waals surface area contributed by atoms with E-state index < -0.39 is 11.7 Å². The summed E-state index contributed by atoms with van der Waals surface area (Å²) in [7, 11) is 0. The molecule has 110 valence electrons. The van der Waals surface area contributed by atoms with E-state index in [4.69, 9.17) is 11.6 Å². The molecule has 3 nitrogen and oxygen atoms in total. The Labute approximate surface area is 128 Å². The zero-order valence-electron chi connectivity index (χ0n) is 11.6. The highest BCUT2D eigenvalue weighted by Crippen LogP contribution is 2.17. The van der Waals surface area contributed by atoms with Gasteiger partial charge in [-0.15, -0.1) is 0 Å². The SMILES string of the molecule is CCNCc1cccc(NC(=O)c2ccc(Cl)cc2F)c1. The first-order valence-corrected chi connectivity index (χ1v) is 7.04. The molecule has 0 unspecified atom stereocenters. The first-order valence-electron chi connectivity index (χ1n) is 6.66. The lowest BCUT2D eigenvalue weighted by Gasteiger charge is -2.08. The van der Waals surface area contributed by atoms with Crippen molar-refractivity contribution in [3.05, 3.63) is 64.4 Å². The average molecular weight is 307 g/mol. The van der Waals surface area contributed by atoms with Crippen LogP contribution in [0.2, 0.25) is 5.02 Å². The fourth-order valence-corrected chi connectivity index (χ4v) is 2.06. The van der Waals surface area contributed by atoms with Gasteiger partial charge in [0, 0.05) is 17.3 Å². The number of carbonyl (C=O) groups excluding carboxylic acids is 1. The molecule has 0 atom stereocenters. The standard InChI is InChI=1S/C16H16ClFN2O/c1-2-19-10-11-4-3-5-13(8-11)20-16(21)14-7-6-12(17)9-15(14)18/h3-9,19H,2,10H2,1H3,(H,20,21). The van der Waals surface area contributed by atoms with Crippen molar-refractivity contribution in [2.75, 3.05) is 11.9 Å². The van der Waals surface area contributed by atoms with Crippen molar-refractivity contribution in [3.63, 3.8) is 0 Å². The van der Waals surface area contributed by atoms with Crippen LogP contribution in [0.15, 0.2) is 42.5 Å². The van der Waals surface area contributed by atoms with E-state index in [1.54, 1.807) is 6.07 Å². The van der Waals surface area contributed by atoms with Gasteiger partial charge in [0.15, 0.2) is 0 Å². The van der Waals surface area contributed by atoms with Crippen LogP contribution >= 0.6 is 11.6 Å². The van der Waals surface area contributed by atoms with Crippen LogP contribution in [0.1, 0.15) is 22.8 Å². The predicted octanol–water partition coefficient (Wildman–Crippen LogP) is 3.84. The van der Waals surface area contributed by atoms with Crippen molar-refractivity contribution < 1.29 is 9.18 Å². The Morgan fingerprint density at radius 3 is 2.76 bits per heavy atom. The summed E-state index contributed by atoms with van der Waals surface area (Å²) in [4.78, 5) is 12.1. The number of nitrogens with one attached hydrogen (secondary N) is 2. The third-order valence-electron chi connectivity index (χ3n) is 2.94. The van der Waals surface area contributed by atoms with Crippen LogP contribution in [0.25, 0.3) is 0 Å². The predicted molar refractivity (Wildman–Crippen MR) is 83.2 cm³/mol. The summed E-state index contributed by atoms with van der Waals surface area (Å²) in [6.07, 6.45) is 0. The maximum atomic E-state index is 13.7. The van der Waals surface area contributed by atoms with Crippen molar-refractivity contribution in [1.29, 1.82) is 0 Å². The second kappa shape index (κ2) is 7.20. The topological polar surface area (TPSA) is 41.1 Å². The second-order valence-electron chi connectivity index (χ2n) is 4.56. The van der Waals surface area contributed by atoms with Gasteiger partial charge in [0.2, 0.25) is 0 Å². The van der Waals surface area contributed by atoms with E-state index in [0.717, 1.165) is 24.7 Å². The third-order valence-corrected chi connectivity index (χ3v) is 3.17. The van der Waals surface area contributed by atoms with Crippen molar-refractivity contribution in [3.8, 4) is 0 Å². The van der Waals surface area contributed by atoms with Gasteiger partial charge in [0.1, 0.15) is 5.82 Å². The molecule has 0 spiro atoms. The van der Waals surface area contributed by atoms with E-state index in [2.05, 4.69) is 10.6 Å². The monoisotopic (exact) mass is 306 g/mol. The molecule has 0 aromatic heterocycles.